The molecule has 0 aromatic heterocycles. The quantitative estimate of drug-likeness (QED) is 0.713. The van der Waals surface area contributed by atoms with Crippen molar-refractivity contribution < 1.29 is 8.42 Å². The fourth-order valence-corrected chi connectivity index (χ4v) is 4.08. The van der Waals surface area contributed by atoms with Crippen LogP contribution >= 0.6 is 11.6 Å². The molecule has 2 unspecified atom stereocenters. The Morgan fingerprint density at radius 3 is 2.69 bits per heavy atom. The third-order valence-electron chi connectivity index (χ3n) is 3.32. The van der Waals surface area contributed by atoms with E-state index >= 15 is 0 Å². The van der Waals surface area contributed by atoms with Gasteiger partial charge in [0.15, 0.2) is 9.84 Å². The predicted octanol–water partition coefficient (Wildman–Crippen LogP) is 1.76. The summed E-state index contributed by atoms with van der Waals surface area (Å²) in [7, 11) is -2.78. The van der Waals surface area contributed by atoms with Crippen LogP contribution < -0.4 is 0 Å². The zero-order valence-corrected chi connectivity index (χ0v) is 11.7. The summed E-state index contributed by atoms with van der Waals surface area (Å²) in [6.45, 7) is 5.89. The Kier molecular flexibility index (Phi) is 5.54. The first-order valence-corrected chi connectivity index (χ1v) is 8.30. The molecule has 0 spiro atoms. The molecule has 1 rings (SSSR count). The number of nitrogens with zero attached hydrogens (tertiary/aromatic N) is 1. The first-order valence-electron chi connectivity index (χ1n) is 5.95. The van der Waals surface area contributed by atoms with Gasteiger partial charge in [-0.1, -0.05) is 6.92 Å². The van der Waals surface area contributed by atoms with Gasteiger partial charge in [-0.05, 0) is 32.2 Å². The third-order valence-corrected chi connectivity index (χ3v) is 5.33. The molecule has 0 amide bonds. The molecule has 0 radical (unpaired) electrons. The molecule has 0 aromatic rings. The average molecular weight is 268 g/mol. The fourth-order valence-electron chi connectivity index (χ4n) is 2.08. The summed E-state index contributed by atoms with van der Waals surface area (Å²) in [6.07, 6.45) is 2.15. The maximum atomic E-state index is 11.4. The minimum Gasteiger partial charge on any atom is -0.299 e. The van der Waals surface area contributed by atoms with E-state index in [1.54, 1.807) is 0 Å². The van der Waals surface area contributed by atoms with Crippen LogP contribution in [-0.4, -0.2) is 49.8 Å². The molecule has 2 atom stereocenters. The molecule has 1 aliphatic rings. The zero-order chi connectivity index (χ0) is 12.2. The van der Waals surface area contributed by atoms with Crippen LogP contribution in [0.15, 0.2) is 0 Å². The summed E-state index contributed by atoms with van der Waals surface area (Å²) in [5, 5.41) is 0. The topological polar surface area (TPSA) is 37.4 Å². The lowest BCUT2D eigenvalue weighted by molar-refractivity contribution is 0.211. The lowest BCUT2D eigenvalue weighted by Gasteiger charge is -2.33. The van der Waals surface area contributed by atoms with Gasteiger partial charge in [-0.3, -0.25) is 4.90 Å². The zero-order valence-electron chi connectivity index (χ0n) is 10.2. The minimum absolute atomic E-state index is 0.168. The molecule has 0 bridgehead atoms. The Morgan fingerprint density at radius 1 is 1.44 bits per heavy atom. The van der Waals surface area contributed by atoms with Crippen molar-refractivity contribution in [3.8, 4) is 0 Å². The normalized spacial score (nSPS) is 27.8. The van der Waals surface area contributed by atoms with E-state index in [9.17, 15) is 8.42 Å². The van der Waals surface area contributed by atoms with Crippen LogP contribution in [0, 0.1) is 5.92 Å². The van der Waals surface area contributed by atoms with E-state index in [-0.39, 0.29) is 6.04 Å². The first-order chi connectivity index (χ1) is 7.44. The van der Waals surface area contributed by atoms with Gasteiger partial charge in [-0.25, -0.2) is 8.42 Å². The second-order valence-electron chi connectivity index (χ2n) is 4.87. The van der Waals surface area contributed by atoms with E-state index in [2.05, 4.69) is 11.8 Å². The van der Waals surface area contributed by atoms with E-state index in [1.807, 2.05) is 6.92 Å². The van der Waals surface area contributed by atoms with Crippen molar-refractivity contribution in [1.29, 1.82) is 0 Å². The van der Waals surface area contributed by atoms with Gasteiger partial charge < -0.3 is 0 Å². The fraction of sp³-hybridized carbons (Fsp3) is 1.00. The Morgan fingerprint density at radius 2 is 2.12 bits per heavy atom. The van der Waals surface area contributed by atoms with Gasteiger partial charge in [0.25, 0.3) is 0 Å². The Bertz CT molecular complexity index is 305. The highest BCUT2D eigenvalue weighted by molar-refractivity contribution is 7.91. The Balaban J connectivity index is 2.33. The van der Waals surface area contributed by atoms with Gasteiger partial charge >= 0.3 is 0 Å². The second-order valence-corrected chi connectivity index (χ2v) is 7.48. The van der Waals surface area contributed by atoms with E-state index in [0.29, 0.717) is 29.8 Å². The molecule has 0 saturated carbocycles. The molecule has 0 aliphatic carbocycles. The van der Waals surface area contributed by atoms with Gasteiger partial charge in [0.05, 0.1) is 11.5 Å². The van der Waals surface area contributed by atoms with Crippen molar-refractivity contribution in [2.45, 2.75) is 32.7 Å². The van der Waals surface area contributed by atoms with Gasteiger partial charge in [0, 0.05) is 18.5 Å². The highest BCUT2D eigenvalue weighted by Gasteiger charge is 2.27. The predicted molar refractivity (Wildman–Crippen MR) is 68.8 cm³/mol. The number of alkyl halides is 1. The average Bonchev–Trinajstić information content (AvgIpc) is 2.15. The second kappa shape index (κ2) is 6.22. The van der Waals surface area contributed by atoms with Gasteiger partial charge in [-0.15, -0.1) is 11.6 Å². The summed E-state index contributed by atoms with van der Waals surface area (Å²) in [6, 6.07) is 0.168. The minimum atomic E-state index is -2.78. The van der Waals surface area contributed by atoms with Crippen LogP contribution in [-0.2, 0) is 9.84 Å². The molecule has 5 heteroatoms. The lowest BCUT2D eigenvalue weighted by atomic mass is 10.0. The standard InChI is InChI=1S/C11H22ClNO2S/c1-10(3-5-12)4-6-13-7-8-16(14,15)9-11(13)2/h10-11H,3-9H2,1-2H3. The smallest absolute Gasteiger partial charge is 0.153 e. The van der Waals surface area contributed by atoms with Crippen LogP contribution in [0.1, 0.15) is 26.7 Å². The van der Waals surface area contributed by atoms with Crippen LogP contribution in [0.3, 0.4) is 0 Å². The largest absolute Gasteiger partial charge is 0.299 e. The summed E-state index contributed by atoms with van der Waals surface area (Å²) in [5.41, 5.74) is 0. The molecule has 96 valence electrons. The van der Waals surface area contributed by atoms with Crippen molar-refractivity contribution in [3.05, 3.63) is 0 Å². The van der Waals surface area contributed by atoms with Crippen LogP contribution in [0.5, 0.6) is 0 Å². The summed E-state index contributed by atoms with van der Waals surface area (Å²) in [4.78, 5) is 2.28. The van der Waals surface area contributed by atoms with E-state index < -0.39 is 9.84 Å². The SMILES string of the molecule is CC(CCCl)CCN1CCS(=O)(=O)CC1C. The van der Waals surface area contributed by atoms with E-state index in [0.717, 1.165) is 19.4 Å². The van der Waals surface area contributed by atoms with E-state index in [4.69, 9.17) is 11.6 Å². The summed E-state index contributed by atoms with van der Waals surface area (Å²) in [5.74, 6) is 1.98. The molecule has 0 aromatic carbocycles. The van der Waals surface area contributed by atoms with Crippen LogP contribution in [0.4, 0.5) is 0 Å². The highest BCUT2D eigenvalue weighted by atomic mass is 35.5. The molecule has 1 fully saturated rings. The number of halogens is 1. The van der Waals surface area contributed by atoms with Gasteiger partial charge in [0.2, 0.25) is 0 Å². The highest BCUT2D eigenvalue weighted by Crippen LogP contribution is 2.15. The Labute approximate surface area is 104 Å². The van der Waals surface area contributed by atoms with E-state index in [1.165, 1.54) is 0 Å². The molecular weight excluding hydrogens is 246 g/mol. The maximum Gasteiger partial charge on any atom is 0.153 e. The molecule has 1 aliphatic heterocycles. The van der Waals surface area contributed by atoms with Crippen LogP contribution in [0.2, 0.25) is 0 Å². The summed E-state index contributed by atoms with van der Waals surface area (Å²) < 4.78 is 22.8. The van der Waals surface area contributed by atoms with Crippen LogP contribution in [0.25, 0.3) is 0 Å². The van der Waals surface area contributed by atoms with Crippen molar-refractivity contribution in [2.75, 3.05) is 30.5 Å². The van der Waals surface area contributed by atoms with Crippen molar-refractivity contribution >= 4 is 21.4 Å². The molecule has 3 nitrogen and oxygen atoms in total. The number of hydrogen-bond acceptors (Lipinski definition) is 3. The lowest BCUT2D eigenvalue weighted by Crippen LogP contribution is -2.47. The summed E-state index contributed by atoms with van der Waals surface area (Å²) >= 11 is 5.69. The molecule has 0 N–H and O–H groups in total. The number of rotatable bonds is 5. The van der Waals surface area contributed by atoms with Crippen molar-refractivity contribution in [1.82, 2.24) is 4.90 Å². The molecule has 1 heterocycles. The Hall–Kier alpha value is 0.200. The first kappa shape index (κ1) is 14.3. The van der Waals surface area contributed by atoms with Gasteiger partial charge in [0.1, 0.15) is 0 Å². The maximum absolute atomic E-state index is 11.4. The third kappa shape index (κ3) is 4.60. The van der Waals surface area contributed by atoms with Gasteiger partial charge in [-0.2, -0.15) is 0 Å². The molecular formula is C11H22ClNO2S. The monoisotopic (exact) mass is 267 g/mol. The number of hydrogen-bond donors (Lipinski definition) is 0. The molecule has 16 heavy (non-hydrogen) atoms. The van der Waals surface area contributed by atoms with Crippen molar-refractivity contribution in [2.24, 2.45) is 5.92 Å². The number of sulfone groups is 1. The molecule has 1 saturated heterocycles. The van der Waals surface area contributed by atoms with Crippen molar-refractivity contribution in [3.63, 3.8) is 0 Å².